The molecular formula is C24H28F3IN8O. The minimum atomic E-state index is -4.55. The van der Waals surface area contributed by atoms with E-state index in [1.54, 1.807) is 13.0 Å². The molecule has 9 nitrogen and oxygen atoms in total. The Morgan fingerprint density at radius 2 is 1.78 bits per heavy atom. The van der Waals surface area contributed by atoms with Gasteiger partial charge in [0.2, 0.25) is 5.82 Å². The van der Waals surface area contributed by atoms with Crippen LogP contribution in [0.4, 0.5) is 24.8 Å². The van der Waals surface area contributed by atoms with Gasteiger partial charge in [0, 0.05) is 44.5 Å². The van der Waals surface area contributed by atoms with E-state index in [4.69, 9.17) is 9.72 Å². The Kier molecular flexibility index (Phi) is 6.40. The Bertz CT molecular complexity index is 1300. The highest BCUT2D eigenvalue weighted by Crippen LogP contribution is 2.43. The maximum atomic E-state index is 13.2. The molecule has 3 aromatic rings. The van der Waals surface area contributed by atoms with E-state index < -0.39 is 12.0 Å². The summed E-state index contributed by atoms with van der Waals surface area (Å²) in [6, 6.07) is 1.65. The van der Waals surface area contributed by atoms with Gasteiger partial charge in [-0.25, -0.2) is 24.6 Å². The summed E-state index contributed by atoms with van der Waals surface area (Å²) >= 11 is 2.20. The molecule has 37 heavy (non-hydrogen) atoms. The Balaban J connectivity index is 1.17. The maximum absolute atomic E-state index is 13.2. The summed E-state index contributed by atoms with van der Waals surface area (Å²) in [6.45, 7) is 5.33. The molecule has 3 aromatic heterocycles. The monoisotopic (exact) mass is 628 g/mol. The summed E-state index contributed by atoms with van der Waals surface area (Å²) < 4.78 is 48.4. The van der Waals surface area contributed by atoms with Crippen molar-refractivity contribution in [2.75, 3.05) is 42.6 Å². The molecule has 0 bridgehead atoms. The second-order valence-electron chi connectivity index (χ2n) is 10.3. The van der Waals surface area contributed by atoms with Crippen molar-refractivity contribution in [3.8, 4) is 0 Å². The largest absolute Gasteiger partial charge is 0.451 e. The van der Waals surface area contributed by atoms with Gasteiger partial charge in [-0.05, 0) is 73.5 Å². The van der Waals surface area contributed by atoms with Crippen molar-refractivity contribution in [1.29, 1.82) is 0 Å². The van der Waals surface area contributed by atoms with Crippen LogP contribution in [-0.2, 0) is 10.9 Å². The number of aryl methyl sites for hydroxylation is 1. The van der Waals surface area contributed by atoms with E-state index in [2.05, 4.69) is 47.5 Å². The Labute approximate surface area is 226 Å². The second-order valence-corrected chi connectivity index (χ2v) is 11.3. The highest BCUT2D eigenvalue weighted by atomic mass is 127. The lowest BCUT2D eigenvalue weighted by atomic mass is 9.78. The molecule has 198 valence electrons. The van der Waals surface area contributed by atoms with Gasteiger partial charge < -0.3 is 14.5 Å². The summed E-state index contributed by atoms with van der Waals surface area (Å²) in [4.78, 5) is 21.3. The van der Waals surface area contributed by atoms with Crippen molar-refractivity contribution in [3.05, 3.63) is 27.5 Å². The molecule has 1 unspecified atom stereocenters. The van der Waals surface area contributed by atoms with Crippen LogP contribution in [0.2, 0.25) is 0 Å². The number of fused-ring (bicyclic) bond motifs is 1. The predicted octanol–water partition coefficient (Wildman–Crippen LogP) is 4.74. The number of hydrogen-bond donors (Lipinski definition) is 0. The molecule has 0 radical (unpaired) electrons. The fourth-order valence-corrected chi connectivity index (χ4v) is 6.34. The molecule has 1 spiro atoms. The van der Waals surface area contributed by atoms with E-state index in [1.165, 1.54) is 0 Å². The zero-order valence-electron chi connectivity index (χ0n) is 20.5. The molecule has 3 saturated heterocycles. The van der Waals surface area contributed by atoms with Crippen LogP contribution in [0.25, 0.3) is 11.2 Å². The van der Waals surface area contributed by atoms with Crippen molar-refractivity contribution in [3.63, 3.8) is 0 Å². The Morgan fingerprint density at radius 1 is 1.03 bits per heavy atom. The second kappa shape index (κ2) is 9.47. The number of ether oxygens (including phenoxy) is 1. The molecule has 0 amide bonds. The molecule has 3 aliphatic rings. The van der Waals surface area contributed by atoms with Crippen LogP contribution in [0.15, 0.2) is 12.3 Å². The lowest BCUT2D eigenvalue weighted by Gasteiger charge is -2.39. The first-order valence-electron chi connectivity index (χ1n) is 12.7. The molecule has 0 saturated carbocycles. The average molecular weight is 628 g/mol. The number of anilines is 2. The van der Waals surface area contributed by atoms with Crippen molar-refractivity contribution in [1.82, 2.24) is 29.7 Å². The van der Waals surface area contributed by atoms with Crippen LogP contribution in [0.1, 0.15) is 56.3 Å². The number of nitrogens with zero attached hydrogens (tertiary/aromatic N) is 8. The van der Waals surface area contributed by atoms with Gasteiger partial charge >= 0.3 is 6.18 Å². The minimum Gasteiger partial charge on any atom is -0.356 e. The summed E-state index contributed by atoms with van der Waals surface area (Å²) in [5.41, 5.74) is 1.92. The van der Waals surface area contributed by atoms with Gasteiger partial charge in [0.15, 0.2) is 15.6 Å². The lowest BCUT2D eigenvalue weighted by molar-refractivity contribution is -0.145. The van der Waals surface area contributed by atoms with Crippen LogP contribution in [0, 0.1) is 16.0 Å². The molecule has 0 aromatic carbocycles. The van der Waals surface area contributed by atoms with E-state index >= 15 is 0 Å². The lowest BCUT2D eigenvalue weighted by Crippen LogP contribution is -2.42. The van der Waals surface area contributed by atoms with E-state index in [1.807, 2.05) is 15.8 Å². The van der Waals surface area contributed by atoms with Gasteiger partial charge in [-0.2, -0.15) is 18.3 Å². The van der Waals surface area contributed by atoms with Gasteiger partial charge in [0.1, 0.15) is 17.2 Å². The number of hydrogen-bond acceptors (Lipinski definition) is 8. The van der Waals surface area contributed by atoms with E-state index in [0.717, 1.165) is 78.9 Å². The van der Waals surface area contributed by atoms with Crippen molar-refractivity contribution in [2.24, 2.45) is 5.41 Å². The van der Waals surface area contributed by atoms with Gasteiger partial charge in [0.05, 0.1) is 6.20 Å². The SMILES string of the molecule is Cc1cc(N2CCC3(CCN(c4cnc5c(I)nn(C6CCCCO6)c5n4)CC3)C2)nc(C(F)(F)F)n1. The van der Waals surface area contributed by atoms with Crippen LogP contribution in [0.3, 0.4) is 0 Å². The third-order valence-corrected chi connectivity index (χ3v) is 8.51. The van der Waals surface area contributed by atoms with Gasteiger partial charge in [-0.3, -0.25) is 0 Å². The normalized spacial score (nSPS) is 22.4. The van der Waals surface area contributed by atoms with Crippen molar-refractivity contribution >= 4 is 45.4 Å². The quantitative estimate of drug-likeness (QED) is 0.385. The number of halogens is 4. The predicted molar refractivity (Wildman–Crippen MR) is 139 cm³/mol. The number of rotatable bonds is 3. The third kappa shape index (κ3) is 4.84. The molecule has 6 rings (SSSR count). The van der Waals surface area contributed by atoms with Crippen LogP contribution in [-0.4, -0.2) is 62.5 Å². The van der Waals surface area contributed by atoms with E-state index in [9.17, 15) is 13.2 Å². The van der Waals surface area contributed by atoms with Crippen LogP contribution < -0.4 is 9.80 Å². The Morgan fingerprint density at radius 3 is 2.49 bits per heavy atom. The number of aromatic nitrogens is 6. The molecule has 1 atom stereocenters. The fourth-order valence-electron chi connectivity index (χ4n) is 5.72. The summed E-state index contributed by atoms with van der Waals surface area (Å²) in [5.74, 6) is 0.120. The molecule has 13 heteroatoms. The fraction of sp³-hybridized carbons (Fsp3) is 0.625. The van der Waals surface area contributed by atoms with E-state index in [-0.39, 0.29) is 11.6 Å². The zero-order chi connectivity index (χ0) is 25.8. The smallest absolute Gasteiger partial charge is 0.356 e. The summed E-state index contributed by atoms with van der Waals surface area (Å²) in [6.07, 6.45) is 3.04. The first-order valence-corrected chi connectivity index (χ1v) is 13.7. The van der Waals surface area contributed by atoms with E-state index in [0.29, 0.717) is 24.6 Å². The van der Waals surface area contributed by atoms with Crippen molar-refractivity contribution in [2.45, 2.75) is 57.9 Å². The number of alkyl halides is 3. The van der Waals surface area contributed by atoms with Gasteiger partial charge in [-0.15, -0.1) is 0 Å². The van der Waals surface area contributed by atoms with Gasteiger partial charge in [-0.1, -0.05) is 0 Å². The van der Waals surface area contributed by atoms with Crippen molar-refractivity contribution < 1.29 is 17.9 Å². The molecule has 3 aliphatic heterocycles. The standard InChI is InChI=1S/C24H28F3IN8O/c1-15-12-16(32-22(30-15)24(25,26)27)35-10-7-23(14-35)5-8-34(9-6-23)17-13-29-19-20(28)33-36(21(19)31-17)18-4-2-3-11-37-18/h12-13,18H,2-11,14H2,1H3. The highest BCUT2D eigenvalue weighted by Gasteiger charge is 2.42. The third-order valence-electron chi connectivity index (χ3n) is 7.78. The topological polar surface area (TPSA) is 85.1 Å². The molecule has 0 aliphatic carbocycles. The highest BCUT2D eigenvalue weighted by molar-refractivity contribution is 14.1. The van der Waals surface area contributed by atoms with Crippen LogP contribution in [0.5, 0.6) is 0 Å². The van der Waals surface area contributed by atoms with Gasteiger partial charge in [0.25, 0.3) is 0 Å². The summed E-state index contributed by atoms with van der Waals surface area (Å²) in [5, 5.41) is 4.67. The molecule has 6 heterocycles. The molecule has 3 fully saturated rings. The summed E-state index contributed by atoms with van der Waals surface area (Å²) in [7, 11) is 0. The molecule has 0 N–H and O–H groups in total. The number of piperidine rings is 1. The zero-order valence-corrected chi connectivity index (χ0v) is 22.7. The molecular weight excluding hydrogens is 600 g/mol. The Hall–Kier alpha value is -2.29. The average Bonchev–Trinajstić information content (AvgIpc) is 3.45. The first-order chi connectivity index (χ1) is 17.7. The maximum Gasteiger partial charge on any atom is 0.451 e. The van der Waals surface area contributed by atoms with Crippen LogP contribution >= 0.6 is 22.6 Å². The first kappa shape index (κ1) is 25.0. The minimum absolute atomic E-state index is 0.0539.